The van der Waals surface area contributed by atoms with Gasteiger partial charge >= 0.3 is 0 Å². The van der Waals surface area contributed by atoms with Crippen LogP contribution in [-0.4, -0.2) is 29.0 Å². The number of hydrogen-bond acceptors (Lipinski definition) is 5. The first kappa shape index (κ1) is 27.4. The summed E-state index contributed by atoms with van der Waals surface area (Å²) in [6.07, 6.45) is 3.86. The number of ether oxygens (including phenoxy) is 1. The van der Waals surface area contributed by atoms with Crippen LogP contribution in [0.4, 0.5) is 10.1 Å². The number of allylic oxidation sites excluding steroid dienone is 3. The number of anilines is 1. The third kappa shape index (κ3) is 4.27. The summed E-state index contributed by atoms with van der Waals surface area (Å²) in [6, 6.07) is 13.9. The Balaban J connectivity index is 1.79. The molecule has 1 heterocycles. The van der Waals surface area contributed by atoms with Gasteiger partial charge in [-0.25, -0.2) is 4.39 Å². The van der Waals surface area contributed by atoms with Gasteiger partial charge in [-0.15, -0.1) is 0 Å². The quantitative estimate of drug-likeness (QED) is 0.269. The van der Waals surface area contributed by atoms with Crippen LogP contribution in [0.25, 0.3) is 0 Å². The standard InChI is InChI=1S/C29H22Br2ClFN2O4/c1-3-15-4-13-21-27(37)35(34-19-11-9-18(33)10-12-19)28(38)29(21,16-5-7-17(32)8-6-16)23(15)20-14-22(39-2)26(36)25(31)24(20)30/h3-12,14,21,23,34,36H,1,13H2,2H3. The number of nitrogens with zero attached hydrogens (tertiary/aromatic N) is 1. The fraction of sp³-hybridized carbons (Fsp3) is 0.172. The lowest BCUT2D eigenvalue weighted by Crippen LogP contribution is -2.48. The molecule has 10 heteroatoms. The number of halogens is 4. The summed E-state index contributed by atoms with van der Waals surface area (Å²) >= 11 is 13.3. The maximum atomic E-state index is 14.7. The van der Waals surface area contributed by atoms with E-state index in [9.17, 15) is 19.1 Å². The van der Waals surface area contributed by atoms with Gasteiger partial charge in [-0.3, -0.25) is 15.0 Å². The van der Waals surface area contributed by atoms with E-state index in [1.54, 1.807) is 36.4 Å². The van der Waals surface area contributed by atoms with E-state index in [0.29, 0.717) is 30.8 Å². The summed E-state index contributed by atoms with van der Waals surface area (Å²) in [4.78, 5) is 28.6. The molecule has 39 heavy (non-hydrogen) atoms. The number of carbonyl (C=O) groups is 2. The second-order valence-electron chi connectivity index (χ2n) is 9.25. The molecule has 1 aliphatic carbocycles. The average Bonchev–Trinajstić information content (AvgIpc) is 3.15. The maximum absolute atomic E-state index is 14.7. The fourth-order valence-corrected chi connectivity index (χ4v) is 6.69. The molecule has 0 saturated carbocycles. The van der Waals surface area contributed by atoms with Gasteiger partial charge in [0.1, 0.15) is 5.82 Å². The number of benzene rings is 3. The first-order valence-electron chi connectivity index (χ1n) is 11.9. The molecule has 3 aromatic carbocycles. The first-order valence-corrected chi connectivity index (χ1v) is 13.9. The van der Waals surface area contributed by atoms with Crippen molar-refractivity contribution in [3.05, 3.63) is 110 Å². The molecule has 1 aliphatic heterocycles. The van der Waals surface area contributed by atoms with Crippen LogP contribution in [0.15, 0.2) is 87.8 Å². The van der Waals surface area contributed by atoms with Crippen LogP contribution in [0.2, 0.25) is 5.02 Å². The van der Waals surface area contributed by atoms with E-state index in [2.05, 4.69) is 43.9 Å². The van der Waals surface area contributed by atoms with E-state index in [1.165, 1.54) is 31.4 Å². The van der Waals surface area contributed by atoms with Crippen LogP contribution < -0.4 is 10.2 Å². The summed E-state index contributed by atoms with van der Waals surface area (Å²) in [5, 5.41) is 12.1. The highest BCUT2D eigenvalue weighted by Gasteiger charge is 2.66. The molecule has 3 aromatic rings. The molecule has 3 atom stereocenters. The van der Waals surface area contributed by atoms with Crippen molar-refractivity contribution in [1.82, 2.24) is 5.01 Å². The number of imide groups is 1. The van der Waals surface area contributed by atoms with Gasteiger partial charge in [-0.2, -0.15) is 5.01 Å². The predicted octanol–water partition coefficient (Wildman–Crippen LogP) is 7.27. The van der Waals surface area contributed by atoms with Crippen molar-refractivity contribution >= 4 is 61.0 Å². The monoisotopic (exact) mass is 674 g/mol. The number of fused-ring (bicyclic) bond motifs is 1. The number of hydrazine groups is 1. The van der Waals surface area contributed by atoms with Gasteiger partial charge in [0, 0.05) is 15.4 Å². The maximum Gasteiger partial charge on any atom is 0.260 e. The molecule has 1 fully saturated rings. The van der Waals surface area contributed by atoms with Crippen molar-refractivity contribution in [1.29, 1.82) is 0 Å². The van der Waals surface area contributed by atoms with Gasteiger partial charge in [0.15, 0.2) is 11.5 Å². The molecule has 2 aliphatic rings. The van der Waals surface area contributed by atoms with E-state index < -0.39 is 34.9 Å². The highest BCUT2D eigenvalue weighted by molar-refractivity contribution is 9.13. The zero-order valence-corrected chi connectivity index (χ0v) is 24.5. The molecule has 0 spiro atoms. The normalized spacial score (nSPS) is 22.4. The first-order chi connectivity index (χ1) is 18.6. The summed E-state index contributed by atoms with van der Waals surface area (Å²) in [7, 11) is 1.43. The average molecular weight is 677 g/mol. The number of phenolic OH excluding ortho intramolecular Hbond substituents is 1. The van der Waals surface area contributed by atoms with Crippen molar-refractivity contribution < 1.29 is 23.8 Å². The Hall–Kier alpha value is -3.14. The Morgan fingerprint density at radius 3 is 2.44 bits per heavy atom. The van der Waals surface area contributed by atoms with Crippen molar-refractivity contribution in [2.75, 3.05) is 12.5 Å². The van der Waals surface area contributed by atoms with E-state index in [0.717, 1.165) is 10.6 Å². The number of nitrogens with one attached hydrogen (secondary N) is 1. The van der Waals surface area contributed by atoms with Gasteiger partial charge < -0.3 is 9.84 Å². The van der Waals surface area contributed by atoms with E-state index in [-0.39, 0.29) is 17.9 Å². The molecular weight excluding hydrogens is 655 g/mol. The topological polar surface area (TPSA) is 78.9 Å². The van der Waals surface area contributed by atoms with E-state index in [1.807, 2.05) is 6.08 Å². The second kappa shape index (κ2) is 10.4. The third-order valence-electron chi connectivity index (χ3n) is 7.35. The number of hydrogen-bond donors (Lipinski definition) is 2. The van der Waals surface area contributed by atoms with E-state index >= 15 is 0 Å². The number of amides is 2. The molecule has 200 valence electrons. The van der Waals surface area contributed by atoms with Gasteiger partial charge in [0.25, 0.3) is 11.8 Å². The van der Waals surface area contributed by atoms with Crippen LogP contribution in [0.5, 0.6) is 11.5 Å². The minimum Gasteiger partial charge on any atom is -0.503 e. The van der Waals surface area contributed by atoms with Gasteiger partial charge in [-0.05, 0) is 97.4 Å². The lowest BCUT2D eigenvalue weighted by Gasteiger charge is -2.43. The molecule has 0 bridgehead atoms. The molecule has 1 saturated heterocycles. The van der Waals surface area contributed by atoms with Crippen LogP contribution in [-0.2, 0) is 15.0 Å². The minimum absolute atomic E-state index is 0.112. The fourth-order valence-electron chi connectivity index (χ4n) is 5.61. The number of methoxy groups -OCH3 is 1. The molecule has 6 nitrogen and oxygen atoms in total. The largest absolute Gasteiger partial charge is 0.503 e. The molecular formula is C29H22Br2ClFN2O4. The Kier molecular flexibility index (Phi) is 7.35. The van der Waals surface area contributed by atoms with Crippen LogP contribution in [0.3, 0.4) is 0 Å². The summed E-state index contributed by atoms with van der Waals surface area (Å²) < 4.78 is 19.8. The van der Waals surface area contributed by atoms with Gasteiger partial charge in [-0.1, -0.05) is 42.5 Å². The second-order valence-corrected chi connectivity index (χ2v) is 11.3. The molecule has 5 rings (SSSR count). The molecule has 2 amide bonds. The Morgan fingerprint density at radius 2 is 1.82 bits per heavy atom. The Labute approximate surface area is 246 Å². The summed E-state index contributed by atoms with van der Waals surface area (Å²) in [5.41, 5.74) is 3.78. The van der Waals surface area contributed by atoms with E-state index in [4.69, 9.17) is 16.3 Å². The van der Waals surface area contributed by atoms with Crippen molar-refractivity contribution in [2.45, 2.75) is 17.8 Å². The SMILES string of the molecule is C=CC1=CCC2C(=O)N(Nc3ccc(F)cc3)C(=O)C2(c2ccc(Cl)cc2)C1c1cc(OC)c(O)c(Br)c1Br. The van der Waals surface area contributed by atoms with Gasteiger partial charge in [0.2, 0.25) is 0 Å². The lowest BCUT2D eigenvalue weighted by atomic mass is 9.56. The van der Waals surface area contributed by atoms with Crippen molar-refractivity contribution in [3.8, 4) is 11.5 Å². The van der Waals surface area contributed by atoms with Crippen LogP contribution >= 0.6 is 43.5 Å². The number of aromatic hydroxyl groups is 1. The lowest BCUT2D eigenvalue weighted by molar-refractivity contribution is -0.138. The highest BCUT2D eigenvalue weighted by Crippen LogP contribution is 2.60. The predicted molar refractivity (Wildman–Crippen MR) is 154 cm³/mol. The molecule has 0 aromatic heterocycles. The Morgan fingerprint density at radius 1 is 1.15 bits per heavy atom. The Bertz CT molecular complexity index is 1530. The van der Waals surface area contributed by atoms with Gasteiger partial charge in [0.05, 0.1) is 28.6 Å². The zero-order chi connectivity index (χ0) is 28.1. The third-order valence-corrected chi connectivity index (χ3v) is 9.76. The number of rotatable bonds is 6. The van der Waals surface area contributed by atoms with Crippen molar-refractivity contribution in [2.24, 2.45) is 5.92 Å². The highest BCUT2D eigenvalue weighted by atomic mass is 79.9. The van der Waals surface area contributed by atoms with Crippen LogP contribution in [0, 0.1) is 11.7 Å². The minimum atomic E-state index is -1.42. The van der Waals surface area contributed by atoms with Crippen LogP contribution in [0.1, 0.15) is 23.5 Å². The summed E-state index contributed by atoms with van der Waals surface area (Å²) in [6.45, 7) is 4.01. The van der Waals surface area contributed by atoms with Crippen molar-refractivity contribution in [3.63, 3.8) is 0 Å². The number of carbonyl (C=O) groups excluding carboxylic acids is 2. The zero-order valence-electron chi connectivity index (χ0n) is 20.6. The molecule has 3 unspecified atom stereocenters. The molecule has 2 N–H and O–H groups in total. The number of phenols is 1. The molecule has 0 radical (unpaired) electrons. The smallest absolute Gasteiger partial charge is 0.260 e. The summed E-state index contributed by atoms with van der Waals surface area (Å²) in [5.74, 6) is -2.79.